The van der Waals surface area contributed by atoms with Gasteiger partial charge in [0.2, 0.25) is 0 Å². The molecule has 0 saturated carbocycles. The first kappa shape index (κ1) is 31.7. The van der Waals surface area contributed by atoms with Gasteiger partial charge in [0.1, 0.15) is 5.82 Å². The van der Waals surface area contributed by atoms with Gasteiger partial charge in [0.25, 0.3) is 5.91 Å². The zero-order valence-electron chi connectivity index (χ0n) is 22.8. The van der Waals surface area contributed by atoms with Crippen LogP contribution in [0.25, 0.3) is 0 Å². The summed E-state index contributed by atoms with van der Waals surface area (Å²) in [5.41, 5.74) is 4.46. The Labute approximate surface area is 226 Å². The maximum atomic E-state index is 12.6. The summed E-state index contributed by atoms with van der Waals surface area (Å²) in [7, 11) is 0. The van der Waals surface area contributed by atoms with Gasteiger partial charge in [0, 0.05) is 72.8 Å². The molecule has 0 aliphatic carbocycles. The predicted molar refractivity (Wildman–Crippen MR) is 156 cm³/mol. The number of aliphatic hydroxyl groups is 1. The molecule has 0 saturated heterocycles. The molecule has 0 unspecified atom stereocenters. The number of nitrogens with zero attached hydrogens (tertiary/aromatic N) is 3. The number of hydrogen-bond donors (Lipinski definition) is 3. The molecular formula is C29H40ClN5O2. The van der Waals surface area contributed by atoms with E-state index in [1.165, 1.54) is 5.54 Å². The highest BCUT2D eigenvalue weighted by Crippen LogP contribution is 2.22. The van der Waals surface area contributed by atoms with E-state index in [-0.39, 0.29) is 5.91 Å². The minimum absolute atomic E-state index is 0.167. The topological polar surface area (TPSA) is 99.0 Å². The van der Waals surface area contributed by atoms with Gasteiger partial charge in [-0.05, 0) is 64.8 Å². The largest absolute Gasteiger partial charge is 0.386 e. The van der Waals surface area contributed by atoms with Gasteiger partial charge in [-0.3, -0.25) is 14.8 Å². The zero-order valence-corrected chi connectivity index (χ0v) is 23.5. The highest BCUT2D eigenvalue weighted by molar-refractivity contribution is 6.25. The number of halogens is 1. The Morgan fingerprint density at radius 1 is 1.27 bits per heavy atom. The van der Waals surface area contributed by atoms with Crippen LogP contribution >= 0.6 is 11.6 Å². The average Bonchev–Trinajstić information content (AvgIpc) is 2.88. The zero-order chi connectivity index (χ0) is 27.7. The highest BCUT2D eigenvalue weighted by Gasteiger charge is 2.18. The minimum Gasteiger partial charge on any atom is -0.386 e. The van der Waals surface area contributed by atoms with Gasteiger partial charge in [0.05, 0.1) is 5.60 Å². The molecule has 0 aromatic carbocycles. The molecule has 0 spiro atoms. The summed E-state index contributed by atoms with van der Waals surface area (Å²) in [6.45, 7) is 11.8. The molecule has 0 atom stereocenters. The third-order valence-electron chi connectivity index (χ3n) is 5.31. The van der Waals surface area contributed by atoms with E-state index in [9.17, 15) is 9.90 Å². The molecule has 7 nitrogen and oxygen atoms in total. The Morgan fingerprint density at radius 2 is 2.03 bits per heavy atom. The molecule has 37 heavy (non-hydrogen) atoms. The normalized spacial score (nSPS) is 14.3. The molecule has 8 heteroatoms. The standard InChI is InChI=1S/C29H40ClN5O2/c1-7-22(4)20-31-21-25(29(5,6)37)17-23(8-2)18-26-19-24(11-15-32-26)28(36)35-14-10-13-33-27(9-3)34-16-12-30/h7,9,11-13,15-17,19-21,34,37H,8,10,14,18H2,1-6H3,(H,35,36)/b16-12+,22-7-,23-17+,25-21-,27-9+,31-20-,33-13-. The van der Waals surface area contributed by atoms with Crippen molar-refractivity contribution in [1.82, 2.24) is 15.6 Å². The minimum atomic E-state index is -1.05. The summed E-state index contributed by atoms with van der Waals surface area (Å²) in [4.78, 5) is 25.7. The molecule has 0 aliphatic rings. The van der Waals surface area contributed by atoms with Gasteiger partial charge in [-0.1, -0.05) is 36.2 Å². The number of rotatable bonds is 14. The lowest BCUT2D eigenvalue weighted by molar-refractivity contribution is 0.0954. The van der Waals surface area contributed by atoms with E-state index in [0.29, 0.717) is 36.3 Å². The van der Waals surface area contributed by atoms with E-state index < -0.39 is 5.60 Å². The van der Waals surface area contributed by atoms with Crippen LogP contribution in [0.5, 0.6) is 0 Å². The van der Waals surface area contributed by atoms with Crippen LogP contribution in [0.1, 0.15) is 70.4 Å². The number of carbonyl (C=O) groups is 1. The van der Waals surface area contributed by atoms with E-state index in [2.05, 4.69) is 32.5 Å². The smallest absolute Gasteiger partial charge is 0.251 e. The molecule has 200 valence electrons. The van der Waals surface area contributed by atoms with Crippen molar-refractivity contribution in [1.29, 1.82) is 0 Å². The van der Waals surface area contributed by atoms with Crippen molar-refractivity contribution in [3.05, 3.63) is 88.3 Å². The van der Waals surface area contributed by atoms with E-state index in [1.54, 1.807) is 57.0 Å². The number of aromatic nitrogens is 1. The third-order valence-corrected chi connectivity index (χ3v) is 5.44. The fraction of sp³-hybridized carbons (Fsp3) is 0.379. The first-order chi connectivity index (χ1) is 17.6. The Hall–Kier alpha value is -3.29. The SMILES string of the molecule is C\C=C(C)/C=N\C=C(\C=C(/CC)Cc1cc(C(=O)NCC/C=N\C(=C/C)N/C=C/Cl)ccn1)C(C)(C)O. The number of aliphatic imine (C=N–C) groups is 2. The molecule has 0 radical (unpaired) electrons. The van der Waals surface area contributed by atoms with E-state index in [1.807, 2.05) is 39.0 Å². The van der Waals surface area contributed by atoms with Crippen molar-refractivity contribution in [3.63, 3.8) is 0 Å². The molecule has 3 N–H and O–H groups in total. The van der Waals surface area contributed by atoms with Gasteiger partial charge in [0.15, 0.2) is 0 Å². The van der Waals surface area contributed by atoms with Crippen molar-refractivity contribution in [2.24, 2.45) is 9.98 Å². The molecule has 1 aromatic rings. The number of allylic oxidation sites excluding steroid dienone is 4. The molecule has 1 amide bonds. The fourth-order valence-corrected chi connectivity index (χ4v) is 3.02. The van der Waals surface area contributed by atoms with Crippen molar-refractivity contribution < 1.29 is 9.90 Å². The second kappa shape index (κ2) is 17.2. The first-order valence-electron chi connectivity index (χ1n) is 12.4. The summed E-state index contributed by atoms with van der Waals surface area (Å²) >= 11 is 5.50. The first-order valence-corrected chi connectivity index (χ1v) is 12.8. The molecule has 0 fully saturated rings. The highest BCUT2D eigenvalue weighted by atomic mass is 35.5. The monoisotopic (exact) mass is 525 g/mol. The van der Waals surface area contributed by atoms with Gasteiger partial charge < -0.3 is 15.7 Å². The summed E-state index contributed by atoms with van der Waals surface area (Å²) in [5.74, 6) is 0.503. The molecule has 1 rings (SSSR count). The summed E-state index contributed by atoms with van der Waals surface area (Å²) in [5, 5.41) is 16.5. The van der Waals surface area contributed by atoms with Crippen molar-refractivity contribution in [2.75, 3.05) is 6.54 Å². The number of hydrogen-bond acceptors (Lipinski definition) is 6. The summed E-state index contributed by atoms with van der Waals surface area (Å²) in [6.07, 6.45) is 16.1. The lowest BCUT2D eigenvalue weighted by Crippen LogP contribution is -2.25. The number of amides is 1. The molecule has 0 aliphatic heterocycles. The van der Waals surface area contributed by atoms with Crippen LogP contribution in [-0.4, -0.2) is 40.6 Å². The van der Waals surface area contributed by atoms with Crippen molar-refractivity contribution >= 4 is 29.9 Å². The Kier molecular flexibility index (Phi) is 14.8. The third kappa shape index (κ3) is 13.0. The van der Waals surface area contributed by atoms with Crippen LogP contribution in [0.4, 0.5) is 0 Å². The van der Waals surface area contributed by atoms with Crippen LogP contribution in [0.15, 0.2) is 87.0 Å². The lowest BCUT2D eigenvalue weighted by Gasteiger charge is -2.19. The summed E-state index contributed by atoms with van der Waals surface area (Å²) in [6, 6.07) is 3.50. The Balaban J connectivity index is 2.88. The van der Waals surface area contributed by atoms with E-state index >= 15 is 0 Å². The fourth-order valence-electron chi connectivity index (χ4n) is 2.96. The molecule has 1 heterocycles. The van der Waals surface area contributed by atoms with E-state index in [4.69, 9.17) is 11.6 Å². The maximum absolute atomic E-state index is 12.6. The number of pyridine rings is 1. The predicted octanol–water partition coefficient (Wildman–Crippen LogP) is 6.00. The Bertz CT molecular complexity index is 1090. The van der Waals surface area contributed by atoms with Crippen LogP contribution in [0.3, 0.4) is 0 Å². The average molecular weight is 526 g/mol. The van der Waals surface area contributed by atoms with Gasteiger partial charge >= 0.3 is 0 Å². The second-order valence-corrected chi connectivity index (χ2v) is 9.04. The number of nitrogens with one attached hydrogen (secondary N) is 2. The van der Waals surface area contributed by atoms with Crippen LogP contribution in [-0.2, 0) is 6.42 Å². The second-order valence-electron chi connectivity index (χ2n) is 8.79. The van der Waals surface area contributed by atoms with Crippen LogP contribution < -0.4 is 10.6 Å². The number of carbonyl (C=O) groups excluding carboxylic acids is 1. The maximum Gasteiger partial charge on any atom is 0.251 e. The quantitative estimate of drug-likeness (QED) is 0.157. The molecular weight excluding hydrogens is 486 g/mol. The van der Waals surface area contributed by atoms with Gasteiger partial charge in [-0.25, -0.2) is 4.99 Å². The molecule has 0 bridgehead atoms. The lowest BCUT2D eigenvalue weighted by atomic mass is 9.94. The van der Waals surface area contributed by atoms with Crippen molar-refractivity contribution in [3.8, 4) is 0 Å². The summed E-state index contributed by atoms with van der Waals surface area (Å²) < 4.78 is 0. The van der Waals surface area contributed by atoms with Crippen molar-refractivity contribution in [2.45, 2.75) is 66.4 Å². The molecule has 1 aromatic heterocycles. The van der Waals surface area contributed by atoms with Crippen LogP contribution in [0.2, 0.25) is 0 Å². The van der Waals surface area contributed by atoms with E-state index in [0.717, 1.165) is 23.3 Å². The Morgan fingerprint density at radius 3 is 2.65 bits per heavy atom. The van der Waals surface area contributed by atoms with Crippen LogP contribution in [0, 0.1) is 0 Å². The van der Waals surface area contributed by atoms with Gasteiger partial charge in [-0.15, -0.1) is 0 Å². The van der Waals surface area contributed by atoms with Gasteiger partial charge in [-0.2, -0.15) is 0 Å².